The lowest BCUT2D eigenvalue weighted by Crippen LogP contribution is -2.28. The first-order valence-corrected chi connectivity index (χ1v) is 12.3. The van der Waals surface area contributed by atoms with Crippen LogP contribution in [0.4, 0.5) is 10.2 Å². The highest BCUT2D eigenvalue weighted by molar-refractivity contribution is 5.96. The summed E-state index contributed by atoms with van der Waals surface area (Å²) in [6.07, 6.45) is 0.374. The minimum atomic E-state index is -0.830. The van der Waals surface area contributed by atoms with Crippen molar-refractivity contribution in [1.29, 1.82) is 5.26 Å². The molecule has 3 aromatic rings. The van der Waals surface area contributed by atoms with Crippen molar-refractivity contribution in [2.75, 3.05) is 19.0 Å². The lowest BCUT2D eigenvalue weighted by molar-refractivity contribution is -0.144. The highest BCUT2D eigenvalue weighted by Gasteiger charge is 2.27. The van der Waals surface area contributed by atoms with Crippen molar-refractivity contribution in [3.05, 3.63) is 58.8 Å². The Morgan fingerprint density at radius 3 is 2.77 bits per heavy atom. The summed E-state index contributed by atoms with van der Waals surface area (Å²) in [4.78, 5) is 43.5. The number of anilines is 1. The van der Waals surface area contributed by atoms with Crippen LogP contribution in [0.15, 0.2) is 30.5 Å². The predicted octanol–water partition coefficient (Wildman–Crippen LogP) is 3.50. The zero-order chi connectivity index (χ0) is 28.3. The number of halogens is 1. The normalized spacial score (nSPS) is 14.6. The van der Waals surface area contributed by atoms with Crippen molar-refractivity contribution >= 4 is 23.6 Å². The number of hydrogen-bond donors (Lipinski definition) is 1. The van der Waals surface area contributed by atoms with Gasteiger partial charge in [0.25, 0.3) is 5.91 Å². The number of amides is 2. The molecule has 11 nitrogen and oxygen atoms in total. The number of nitriles is 1. The Morgan fingerprint density at radius 2 is 2.05 bits per heavy atom. The van der Waals surface area contributed by atoms with Crippen molar-refractivity contribution in [2.24, 2.45) is 7.05 Å². The maximum absolute atomic E-state index is 14.3. The van der Waals surface area contributed by atoms with Gasteiger partial charge in [0.15, 0.2) is 11.6 Å². The van der Waals surface area contributed by atoms with Crippen LogP contribution in [-0.2, 0) is 27.9 Å². The van der Waals surface area contributed by atoms with Gasteiger partial charge >= 0.3 is 5.97 Å². The maximum Gasteiger partial charge on any atom is 0.306 e. The molecule has 1 N–H and O–H groups in total. The number of carbonyl (C=O) groups is 3. The van der Waals surface area contributed by atoms with Gasteiger partial charge in [-0.05, 0) is 38.1 Å². The van der Waals surface area contributed by atoms with E-state index in [0.29, 0.717) is 22.4 Å². The fourth-order valence-corrected chi connectivity index (χ4v) is 4.35. The first-order chi connectivity index (χ1) is 18.6. The zero-order valence-electron chi connectivity index (χ0n) is 21.9. The Labute approximate surface area is 224 Å². The lowest BCUT2D eigenvalue weighted by atomic mass is 10.00. The van der Waals surface area contributed by atoms with Gasteiger partial charge in [0.05, 0.1) is 25.3 Å². The van der Waals surface area contributed by atoms with Crippen molar-refractivity contribution < 1.29 is 28.2 Å². The average Bonchev–Trinajstić information content (AvgIpc) is 3.21. The third kappa shape index (κ3) is 5.72. The Morgan fingerprint density at radius 1 is 1.28 bits per heavy atom. The fourth-order valence-electron chi connectivity index (χ4n) is 4.35. The molecule has 39 heavy (non-hydrogen) atoms. The van der Waals surface area contributed by atoms with Crippen LogP contribution in [0.25, 0.3) is 11.1 Å². The van der Waals surface area contributed by atoms with E-state index in [0.717, 1.165) is 0 Å². The summed E-state index contributed by atoms with van der Waals surface area (Å²) in [5, 5.41) is 16.9. The van der Waals surface area contributed by atoms with E-state index in [1.54, 1.807) is 34.0 Å². The number of hydrogen-bond acceptors (Lipinski definition) is 8. The number of carbonyl (C=O) groups excluding carboxylic acids is 3. The number of rotatable bonds is 5. The number of fused-ring (bicyclic) bond motifs is 5. The third-order valence-corrected chi connectivity index (χ3v) is 6.21. The standard InChI is InChI=1S/C27H27FN6O5/c1-5-38-24(36)9-8-23(35)31-26-22-10-16(13-30-26)25-20(32-34(4)21(25)12-29)14-33(3)27(37)18-7-6-17(28)11-19(18)15(2)39-22/h6-7,10-11,13,15H,5,8-9,14H2,1-4H3,(H,30,31,35). The van der Waals surface area contributed by atoms with Gasteiger partial charge in [0, 0.05) is 49.0 Å². The van der Waals surface area contributed by atoms with Crippen LogP contribution < -0.4 is 10.1 Å². The number of esters is 1. The summed E-state index contributed by atoms with van der Waals surface area (Å²) in [6.45, 7) is 3.60. The number of aryl methyl sites for hydroxylation is 1. The molecule has 1 atom stereocenters. The Balaban J connectivity index is 1.82. The third-order valence-electron chi connectivity index (χ3n) is 6.21. The summed E-state index contributed by atoms with van der Waals surface area (Å²) in [5.41, 5.74) is 2.16. The van der Waals surface area contributed by atoms with Crippen LogP contribution in [0.5, 0.6) is 5.75 Å². The van der Waals surface area contributed by atoms with E-state index in [4.69, 9.17) is 9.47 Å². The molecular weight excluding hydrogens is 507 g/mol. The van der Waals surface area contributed by atoms with Crippen LogP contribution in [0.2, 0.25) is 0 Å². The topological polar surface area (TPSA) is 139 Å². The Hall–Kier alpha value is -4.79. The van der Waals surface area contributed by atoms with Crippen molar-refractivity contribution in [3.8, 4) is 22.9 Å². The SMILES string of the molecule is CCOC(=O)CCC(=O)Nc1ncc2cc1OC(C)c1cc(F)ccc1C(=O)N(C)Cc1nn(C)c(C#N)c1-2. The van der Waals surface area contributed by atoms with Crippen LogP contribution in [-0.4, -0.2) is 51.1 Å². The van der Waals surface area contributed by atoms with E-state index >= 15 is 0 Å². The fraction of sp³-hybridized carbons (Fsp3) is 0.333. The van der Waals surface area contributed by atoms with Gasteiger partial charge in [-0.2, -0.15) is 10.4 Å². The highest BCUT2D eigenvalue weighted by Crippen LogP contribution is 2.37. The number of aromatic nitrogens is 3. The summed E-state index contributed by atoms with van der Waals surface area (Å²) < 4.78 is 26.7. The van der Waals surface area contributed by atoms with Gasteiger partial charge in [-0.15, -0.1) is 0 Å². The second-order valence-electron chi connectivity index (χ2n) is 8.98. The van der Waals surface area contributed by atoms with Gasteiger partial charge < -0.3 is 19.7 Å². The van der Waals surface area contributed by atoms with E-state index in [-0.39, 0.29) is 54.7 Å². The number of ether oxygens (including phenoxy) is 2. The first-order valence-electron chi connectivity index (χ1n) is 12.3. The quantitative estimate of drug-likeness (QED) is 0.491. The van der Waals surface area contributed by atoms with Crippen LogP contribution >= 0.6 is 0 Å². The molecule has 2 aromatic heterocycles. The molecule has 0 saturated carbocycles. The number of nitrogens with one attached hydrogen (secondary N) is 1. The predicted molar refractivity (Wildman–Crippen MR) is 137 cm³/mol. The van der Waals surface area contributed by atoms with E-state index < -0.39 is 23.8 Å². The van der Waals surface area contributed by atoms with Gasteiger partial charge in [0.2, 0.25) is 5.91 Å². The molecule has 2 amide bonds. The lowest BCUT2D eigenvalue weighted by Gasteiger charge is -2.24. The zero-order valence-corrected chi connectivity index (χ0v) is 21.9. The number of benzene rings is 1. The summed E-state index contributed by atoms with van der Waals surface area (Å²) in [5.74, 6) is -1.74. The largest absolute Gasteiger partial charge is 0.482 e. The molecule has 0 fully saturated rings. The van der Waals surface area contributed by atoms with E-state index in [9.17, 15) is 24.0 Å². The summed E-state index contributed by atoms with van der Waals surface area (Å²) in [7, 11) is 3.21. The van der Waals surface area contributed by atoms with E-state index in [1.807, 2.05) is 0 Å². The average molecular weight is 535 g/mol. The number of nitrogens with zero attached hydrogens (tertiary/aromatic N) is 5. The molecule has 0 radical (unpaired) electrons. The smallest absolute Gasteiger partial charge is 0.306 e. The van der Waals surface area contributed by atoms with E-state index in [1.165, 1.54) is 34.0 Å². The van der Waals surface area contributed by atoms with Gasteiger partial charge in [-0.3, -0.25) is 19.1 Å². The molecule has 3 heterocycles. The molecule has 0 saturated heterocycles. The van der Waals surface area contributed by atoms with Gasteiger partial charge in [-0.25, -0.2) is 9.37 Å². The van der Waals surface area contributed by atoms with E-state index in [2.05, 4.69) is 21.5 Å². The molecule has 202 valence electrons. The Bertz CT molecular complexity index is 1490. The highest BCUT2D eigenvalue weighted by atomic mass is 19.1. The molecule has 4 rings (SSSR count). The van der Waals surface area contributed by atoms with Crippen molar-refractivity contribution in [3.63, 3.8) is 0 Å². The minimum absolute atomic E-state index is 0.0573. The molecular formula is C27H27FN6O5. The molecule has 1 unspecified atom stereocenters. The molecule has 1 aliphatic rings. The first kappa shape index (κ1) is 27.3. The van der Waals surface area contributed by atoms with Crippen molar-refractivity contribution in [1.82, 2.24) is 19.7 Å². The monoisotopic (exact) mass is 534 g/mol. The van der Waals surface area contributed by atoms with Crippen LogP contribution in [0, 0.1) is 17.1 Å². The van der Waals surface area contributed by atoms with Gasteiger partial charge in [0.1, 0.15) is 23.7 Å². The second-order valence-corrected chi connectivity index (χ2v) is 8.98. The molecule has 12 heteroatoms. The molecule has 0 spiro atoms. The minimum Gasteiger partial charge on any atom is -0.482 e. The van der Waals surface area contributed by atoms with Crippen molar-refractivity contribution in [2.45, 2.75) is 39.3 Å². The van der Waals surface area contributed by atoms with Crippen LogP contribution in [0.3, 0.4) is 0 Å². The molecule has 1 aromatic carbocycles. The number of pyridine rings is 1. The Kier molecular flexibility index (Phi) is 7.90. The van der Waals surface area contributed by atoms with Crippen LogP contribution in [0.1, 0.15) is 60.1 Å². The molecule has 1 aliphatic heterocycles. The van der Waals surface area contributed by atoms with Gasteiger partial charge in [-0.1, -0.05) is 0 Å². The summed E-state index contributed by atoms with van der Waals surface area (Å²) >= 11 is 0. The maximum atomic E-state index is 14.3. The summed E-state index contributed by atoms with van der Waals surface area (Å²) in [6, 6.07) is 7.56. The molecule has 0 aliphatic carbocycles. The second kappa shape index (κ2) is 11.3. The molecule has 2 bridgehead atoms.